The Hall–Kier alpha value is -1.42. The third kappa shape index (κ3) is 4.30. The predicted octanol–water partition coefficient (Wildman–Crippen LogP) is 1.97. The molecule has 0 saturated carbocycles. The van der Waals surface area contributed by atoms with Gasteiger partial charge in [-0.1, -0.05) is 24.1 Å². The highest BCUT2D eigenvalue weighted by Crippen LogP contribution is 2.32. The lowest BCUT2D eigenvalue weighted by Crippen LogP contribution is -2.40. The second-order valence-corrected chi connectivity index (χ2v) is 4.38. The van der Waals surface area contributed by atoms with Crippen LogP contribution in [-0.4, -0.2) is 32.7 Å². The molecule has 0 aliphatic carbocycles. The van der Waals surface area contributed by atoms with Gasteiger partial charge in [0.05, 0.1) is 13.2 Å². The molecule has 20 heavy (non-hydrogen) atoms. The normalized spacial score (nSPS) is 17.0. The van der Waals surface area contributed by atoms with Crippen LogP contribution in [0.5, 0.6) is 5.75 Å². The van der Waals surface area contributed by atoms with Gasteiger partial charge < -0.3 is 15.4 Å². The number of rotatable bonds is 3. The molecule has 2 N–H and O–H groups in total. The quantitative estimate of drug-likeness (QED) is 0.362. The first-order valence-electron chi connectivity index (χ1n) is 6.45. The maximum Gasteiger partial charge on any atom is 0.191 e. The van der Waals surface area contributed by atoms with Gasteiger partial charge in [-0.3, -0.25) is 4.99 Å². The number of hydrogen-bond acceptors (Lipinski definition) is 2. The number of hydrogen-bond donors (Lipinski definition) is 2. The van der Waals surface area contributed by atoms with E-state index >= 15 is 0 Å². The van der Waals surface area contributed by atoms with E-state index < -0.39 is 0 Å². The summed E-state index contributed by atoms with van der Waals surface area (Å²) in [5, 5.41) is 6.36. The van der Waals surface area contributed by atoms with Crippen molar-refractivity contribution in [1.29, 1.82) is 0 Å². The minimum Gasteiger partial charge on any atom is -0.493 e. The standard InChI is InChI=1S/C15H19N3O.HI/c1-3-9-17-15(16-2)18-11-12-8-10-19-14-7-5-4-6-13(12)14;/h1,4-7,12H,8-11H2,2H3,(H2,16,17,18);1H. The second kappa shape index (κ2) is 8.69. The van der Waals surface area contributed by atoms with E-state index in [1.807, 2.05) is 18.2 Å². The molecule has 0 bridgehead atoms. The molecule has 2 rings (SSSR count). The summed E-state index contributed by atoms with van der Waals surface area (Å²) in [4.78, 5) is 4.13. The first-order valence-corrected chi connectivity index (χ1v) is 6.45. The number of terminal acetylenes is 1. The van der Waals surface area contributed by atoms with Crippen molar-refractivity contribution in [3.63, 3.8) is 0 Å². The molecule has 1 unspecified atom stereocenters. The number of benzene rings is 1. The lowest BCUT2D eigenvalue weighted by atomic mass is 9.93. The fraction of sp³-hybridized carbons (Fsp3) is 0.400. The van der Waals surface area contributed by atoms with Crippen molar-refractivity contribution in [1.82, 2.24) is 10.6 Å². The van der Waals surface area contributed by atoms with Crippen LogP contribution in [0.3, 0.4) is 0 Å². The smallest absolute Gasteiger partial charge is 0.191 e. The van der Waals surface area contributed by atoms with Gasteiger partial charge in [0.2, 0.25) is 0 Å². The van der Waals surface area contributed by atoms with Crippen LogP contribution in [0.25, 0.3) is 0 Å². The molecule has 1 aliphatic heterocycles. The summed E-state index contributed by atoms with van der Waals surface area (Å²) in [6.45, 7) is 2.06. The van der Waals surface area contributed by atoms with Gasteiger partial charge in [-0.05, 0) is 18.1 Å². The number of nitrogens with zero attached hydrogens (tertiary/aromatic N) is 1. The van der Waals surface area contributed by atoms with Crippen molar-refractivity contribution in [2.24, 2.45) is 4.99 Å². The SMILES string of the molecule is C#CCNC(=NC)NCC1CCOc2ccccc21.I. The molecule has 1 aromatic rings. The van der Waals surface area contributed by atoms with Gasteiger partial charge in [0.15, 0.2) is 5.96 Å². The Morgan fingerprint density at radius 2 is 2.25 bits per heavy atom. The molecule has 1 aliphatic rings. The molecule has 0 saturated heterocycles. The summed E-state index contributed by atoms with van der Waals surface area (Å²) < 4.78 is 5.65. The molecule has 1 aromatic carbocycles. The van der Waals surface area contributed by atoms with E-state index in [-0.39, 0.29) is 24.0 Å². The minimum atomic E-state index is 0. The second-order valence-electron chi connectivity index (χ2n) is 4.38. The van der Waals surface area contributed by atoms with Crippen LogP contribution >= 0.6 is 24.0 Å². The maximum absolute atomic E-state index is 5.65. The van der Waals surface area contributed by atoms with Crippen molar-refractivity contribution in [3.05, 3.63) is 29.8 Å². The van der Waals surface area contributed by atoms with Crippen LogP contribution in [0.4, 0.5) is 0 Å². The molecule has 0 spiro atoms. The minimum absolute atomic E-state index is 0. The molecular weight excluding hydrogens is 365 g/mol. The predicted molar refractivity (Wildman–Crippen MR) is 92.9 cm³/mol. The number of para-hydroxylation sites is 1. The fourth-order valence-electron chi connectivity index (χ4n) is 2.20. The molecule has 0 radical (unpaired) electrons. The summed E-state index contributed by atoms with van der Waals surface area (Å²) in [5.74, 6) is 4.70. The summed E-state index contributed by atoms with van der Waals surface area (Å²) >= 11 is 0. The summed E-state index contributed by atoms with van der Waals surface area (Å²) in [7, 11) is 1.74. The van der Waals surface area contributed by atoms with Crippen LogP contribution < -0.4 is 15.4 Å². The van der Waals surface area contributed by atoms with Crippen LogP contribution in [0.1, 0.15) is 17.9 Å². The third-order valence-electron chi connectivity index (χ3n) is 3.18. The Balaban J connectivity index is 0.00000200. The maximum atomic E-state index is 5.65. The van der Waals surface area contributed by atoms with Crippen molar-refractivity contribution in [2.75, 3.05) is 26.7 Å². The van der Waals surface area contributed by atoms with E-state index in [4.69, 9.17) is 11.2 Å². The Morgan fingerprint density at radius 1 is 1.45 bits per heavy atom. The average molecular weight is 385 g/mol. The van der Waals surface area contributed by atoms with Crippen molar-refractivity contribution < 1.29 is 4.74 Å². The first kappa shape index (κ1) is 16.6. The Morgan fingerprint density at radius 3 is 3.00 bits per heavy atom. The van der Waals surface area contributed by atoms with E-state index in [2.05, 4.69) is 27.6 Å². The Bertz CT molecular complexity index is 496. The molecular formula is C15H20IN3O. The van der Waals surface area contributed by atoms with Crippen LogP contribution in [0.15, 0.2) is 29.3 Å². The highest BCUT2D eigenvalue weighted by molar-refractivity contribution is 14.0. The molecule has 0 amide bonds. The number of guanidine groups is 1. The highest BCUT2D eigenvalue weighted by Gasteiger charge is 2.20. The zero-order valence-corrected chi connectivity index (χ0v) is 13.9. The highest BCUT2D eigenvalue weighted by atomic mass is 127. The van der Waals surface area contributed by atoms with E-state index in [9.17, 15) is 0 Å². The molecule has 0 aromatic heterocycles. The molecule has 108 valence electrons. The van der Waals surface area contributed by atoms with Crippen LogP contribution in [0.2, 0.25) is 0 Å². The lowest BCUT2D eigenvalue weighted by Gasteiger charge is -2.26. The number of halogens is 1. The Kier molecular flexibility index (Phi) is 7.23. The van der Waals surface area contributed by atoms with E-state index in [0.29, 0.717) is 12.5 Å². The largest absolute Gasteiger partial charge is 0.493 e. The van der Waals surface area contributed by atoms with E-state index in [1.54, 1.807) is 7.05 Å². The number of fused-ring (bicyclic) bond motifs is 1. The molecule has 1 atom stereocenters. The number of ether oxygens (including phenoxy) is 1. The molecule has 1 heterocycles. The summed E-state index contributed by atoms with van der Waals surface area (Å²) in [5.41, 5.74) is 1.26. The average Bonchev–Trinajstić information content (AvgIpc) is 2.47. The summed E-state index contributed by atoms with van der Waals surface area (Å²) in [6, 6.07) is 8.19. The van der Waals surface area contributed by atoms with E-state index in [0.717, 1.165) is 31.3 Å². The zero-order valence-electron chi connectivity index (χ0n) is 11.6. The molecule has 4 nitrogen and oxygen atoms in total. The van der Waals surface area contributed by atoms with Crippen molar-refractivity contribution in [3.8, 4) is 18.1 Å². The van der Waals surface area contributed by atoms with Gasteiger partial charge in [-0.15, -0.1) is 30.4 Å². The fourth-order valence-corrected chi connectivity index (χ4v) is 2.20. The zero-order chi connectivity index (χ0) is 13.5. The van der Waals surface area contributed by atoms with Crippen LogP contribution in [0, 0.1) is 12.3 Å². The lowest BCUT2D eigenvalue weighted by molar-refractivity contribution is 0.267. The Labute approximate surface area is 137 Å². The van der Waals surface area contributed by atoms with Crippen molar-refractivity contribution >= 4 is 29.9 Å². The molecule has 5 heteroatoms. The summed E-state index contributed by atoms with van der Waals surface area (Å²) in [6.07, 6.45) is 6.23. The van der Waals surface area contributed by atoms with Gasteiger partial charge >= 0.3 is 0 Å². The van der Waals surface area contributed by atoms with Gasteiger partial charge in [-0.25, -0.2) is 0 Å². The van der Waals surface area contributed by atoms with Gasteiger partial charge in [0, 0.05) is 19.5 Å². The molecule has 0 fully saturated rings. The topological polar surface area (TPSA) is 45.7 Å². The first-order chi connectivity index (χ1) is 9.35. The van der Waals surface area contributed by atoms with E-state index in [1.165, 1.54) is 5.56 Å². The van der Waals surface area contributed by atoms with Crippen molar-refractivity contribution in [2.45, 2.75) is 12.3 Å². The number of aliphatic imine (C=N–C) groups is 1. The van der Waals surface area contributed by atoms with Gasteiger partial charge in [0.1, 0.15) is 5.75 Å². The number of nitrogens with one attached hydrogen (secondary N) is 2. The third-order valence-corrected chi connectivity index (χ3v) is 3.18. The van der Waals surface area contributed by atoms with Gasteiger partial charge in [0.25, 0.3) is 0 Å². The van der Waals surface area contributed by atoms with Gasteiger partial charge in [-0.2, -0.15) is 0 Å². The van der Waals surface area contributed by atoms with Crippen LogP contribution in [-0.2, 0) is 0 Å². The monoisotopic (exact) mass is 385 g/mol.